The van der Waals surface area contributed by atoms with Gasteiger partial charge < -0.3 is 10.6 Å². The molecule has 0 bridgehead atoms. The predicted molar refractivity (Wildman–Crippen MR) is 85.3 cm³/mol. The summed E-state index contributed by atoms with van der Waals surface area (Å²) in [5, 5.41) is 0.481. The van der Waals surface area contributed by atoms with E-state index in [0.717, 1.165) is 18.7 Å². The van der Waals surface area contributed by atoms with Crippen LogP contribution in [0.2, 0.25) is 5.02 Å². The van der Waals surface area contributed by atoms with Gasteiger partial charge in [-0.3, -0.25) is 0 Å². The first-order valence-corrected chi connectivity index (χ1v) is 7.55. The molecule has 0 fully saturated rings. The van der Waals surface area contributed by atoms with Crippen molar-refractivity contribution < 1.29 is 4.39 Å². The van der Waals surface area contributed by atoms with Gasteiger partial charge in [-0.1, -0.05) is 35.9 Å². The molecule has 0 amide bonds. The first-order valence-electron chi connectivity index (χ1n) is 7.17. The average molecular weight is 305 g/mol. The molecule has 0 aromatic heterocycles. The van der Waals surface area contributed by atoms with Gasteiger partial charge in [0, 0.05) is 35.3 Å². The molecule has 1 aliphatic rings. The highest BCUT2D eigenvalue weighted by atomic mass is 35.5. The zero-order valence-corrected chi connectivity index (χ0v) is 12.5. The molecule has 1 heterocycles. The number of nitrogens with zero attached hydrogens (tertiary/aromatic N) is 1. The lowest BCUT2D eigenvalue weighted by Crippen LogP contribution is -2.23. The maximum absolute atomic E-state index is 14.0. The molecule has 21 heavy (non-hydrogen) atoms. The van der Waals surface area contributed by atoms with Gasteiger partial charge in [-0.2, -0.15) is 0 Å². The van der Waals surface area contributed by atoms with E-state index in [2.05, 4.69) is 17.0 Å². The number of hydrogen-bond donors (Lipinski definition) is 1. The van der Waals surface area contributed by atoms with E-state index in [1.807, 2.05) is 12.1 Å². The Morgan fingerprint density at radius 2 is 2.00 bits per heavy atom. The van der Waals surface area contributed by atoms with E-state index >= 15 is 0 Å². The van der Waals surface area contributed by atoms with Crippen molar-refractivity contribution in [1.82, 2.24) is 0 Å². The highest BCUT2D eigenvalue weighted by Gasteiger charge is 2.28. The van der Waals surface area contributed by atoms with Crippen LogP contribution in [0.1, 0.15) is 23.5 Å². The predicted octanol–water partition coefficient (Wildman–Crippen LogP) is 3.93. The second-order valence-corrected chi connectivity index (χ2v) is 5.82. The summed E-state index contributed by atoms with van der Waals surface area (Å²) in [6.45, 7) is 2.01. The van der Waals surface area contributed by atoms with Crippen molar-refractivity contribution in [1.29, 1.82) is 0 Å². The highest BCUT2D eigenvalue weighted by Crippen LogP contribution is 2.39. The second kappa shape index (κ2) is 6.04. The van der Waals surface area contributed by atoms with Gasteiger partial charge in [0.15, 0.2) is 0 Å². The molecule has 1 atom stereocenters. The minimum atomic E-state index is -0.248. The van der Waals surface area contributed by atoms with Crippen LogP contribution in [0.5, 0.6) is 0 Å². The summed E-state index contributed by atoms with van der Waals surface area (Å²) in [6.07, 6.45) is 0.943. The van der Waals surface area contributed by atoms with Crippen molar-refractivity contribution in [2.75, 3.05) is 18.0 Å². The van der Waals surface area contributed by atoms with Gasteiger partial charge in [0.25, 0.3) is 0 Å². The van der Waals surface area contributed by atoms with E-state index in [1.165, 1.54) is 11.6 Å². The molecule has 3 rings (SSSR count). The molecule has 2 aromatic rings. The molecule has 110 valence electrons. The van der Waals surface area contributed by atoms with Crippen molar-refractivity contribution in [3.63, 3.8) is 0 Å². The van der Waals surface area contributed by atoms with Crippen LogP contribution in [-0.2, 0) is 6.54 Å². The van der Waals surface area contributed by atoms with E-state index in [0.29, 0.717) is 29.6 Å². The highest BCUT2D eigenvalue weighted by molar-refractivity contribution is 6.31. The summed E-state index contributed by atoms with van der Waals surface area (Å²) in [5.41, 5.74) is 8.73. The Morgan fingerprint density at radius 3 is 2.76 bits per heavy atom. The van der Waals surface area contributed by atoms with Crippen LogP contribution in [0.3, 0.4) is 0 Å². The number of halogens is 2. The SMILES string of the molecule is NCCC1CN(Cc2c(F)cccc2Cl)c2ccccc21. The molecule has 0 spiro atoms. The quantitative estimate of drug-likeness (QED) is 0.927. The molecular weight excluding hydrogens is 287 g/mol. The van der Waals surface area contributed by atoms with Crippen LogP contribution >= 0.6 is 11.6 Å². The van der Waals surface area contributed by atoms with E-state index in [-0.39, 0.29) is 5.82 Å². The number of hydrogen-bond acceptors (Lipinski definition) is 2. The fourth-order valence-electron chi connectivity index (χ4n) is 3.06. The van der Waals surface area contributed by atoms with Crippen LogP contribution in [0.15, 0.2) is 42.5 Å². The van der Waals surface area contributed by atoms with Gasteiger partial charge in [0.2, 0.25) is 0 Å². The topological polar surface area (TPSA) is 29.3 Å². The Hall–Kier alpha value is -1.58. The maximum atomic E-state index is 14.0. The zero-order valence-electron chi connectivity index (χ0n) is 11.7. The van der Waals surface area contributed by atoms with Crippen LogP contribution in [0.4, 0.5) is 10.1 Å². The Morgan fingerprint density at radius 1 is 1.19 bits per heavy atom. The number of para-hydroxylation sites is 1. The standard InChI is InChI=1S/C17H18ClFN2/c18-15-5-3-6-16(19)14(15)11-21-10-12(8-9-20)13-4-1-2-7-17(13)21/h1-7,12H,8-11,20H2. The molecular formula is C17H18ClFN2. The lowest BCUT2D eigenvalue weighted by Gasteiger charge is -2.21. The number of anilines is 1. The maximum Gasteiger partial charge on any atom is 0.129 e. The van der Waals surface area contributed by atoms with E-state index in [4.69, 9.17) is 17.3 Å². The Balaban J connectivity index is 1.90. The minimum Gasteiger partial charge on any atom is -0.366 e. The molecule has 2 nitrogen and oxygen atoms in total. The lowest BCUT2D eigenvalue weighted by molar-refractivity contribution is 0.597. The molecule has 0 saturated heterocycles. The summed E-state index contributed by atoms with van der Waals surface area (Å²) < 4.78 is 14.0. The lowest BCUT2D eigenvalue weighted by atomic mass is 9.98. The van der Waals surface area contributed by atoms with Crippen molar-refractivity contribution in [3.8, 4) is 0 Å². The fraction of sp³-hybridized carbons (Fsp3) is 0.294. The van der Waals surface area contributed by atoms with Crippen LogP contribution in [0, 0.1) is 5.82 Å². The van der Waals surface area contributed by atoms with Gasteiger partial charge in [0.1, 0.15) is 5.82 Å². The fourth-order valence-corrected chi connectivity index (χ4v) is 3.28. The van der Waals surface area contributed by atoms with Gasteiger partial charge in [-0.25, -0.2) is 4.39 Å². The number of benzene rings is 2. The molecule has 1 unspecified atom stereocenters. The van der Waals surface area contributed by atoms with E-state index in [9.17, 15) is 4.39 Å². The largest absolute Gasteiger partial charge is 0.366 e. The zero-order chi connectivity index (χ0) is 14.8. The molecule has 1 aliphatic heterocycles. The summed E-state index contributed by atoms with van der Waals surface area (Å²) in [7, 11) is 0. The van der Waals surface area contributed by atoms with Crippen molar-refractivity contribution >= 4 is 17.3 Å². The van der Waals surface area contributed by atoms with Crippen LogP contribution < -0.4 is 10.6 Å². The molecule has 0 saturated carbocycles. The van der Waals surface area contributed by atoms with Gasteiger partial charge >= 0.3 is 0 Å². The average Bonchev–Trinajstić information content (AvgIpc) is 2.82. The Bertz CT molecular complexity index is 624. The van der Waals surface area contributed by atoms with Crippen molar-refractivity contribution in [3.05, 3.63) is 64.4 Å². The van der Waals surface area contributed by atoms with Crippen molar-refractivity contribution in [2.45, 2.75) is 18.9 Å². The smallest absolute Gasteiger partial charge is 0.129 e. The molecule has 2 aromatic carbocycles. The van der Waals surface area contributed by atoms with Crippen molar-refractivity contribution in [2.24, 2.45) is 5.73 Å². The molecule has 2 N–H and O–H groups in total. The van der Waals surface area contributed by atoms with Gasteiger partial charge in [-0.15, -0.1) is 0 Å². The summed E-state index contributed by atoms with van der Waals surface area (Å²) in [5.74, 6) is 0.166. The summed E-state index contributed by atoms with van der Waals surface area (Å²) in [4.78, 5) is 2.19. The number of fused-ring (bicyclic) bond motifs is 1. The van der Waals surface area contributed by atoms with Gasteiger partial charge in [-0.05, 0) is 36.7 Å². The summed E-state index contributed by atoms with van der Waals surface area (Å²) >= 11 is 6.15. The third kappa shape index (κ3) is 2.76. The molecule has 0 aliphatic carbocycles. The third-order valence-corrected chi connectivity index (χ3v) is 4.44. The monoisotopic (exact) mass is 304 g/mol. The molecule has 4 heteroatoms. The number of rotatable bonds is 4. The van der Waals surface area contributed by atoms with Crippen LogP contribution in [-0.4, -0.2) is 13.1 Å². The Labute approximate surface area is 129 Å². The van der Waals surface area contributed by atoms with E-state index < -0.39 is 0 Å². The molecule has 0 radical (unpaired) electrons. The second-order valence-electron chi connectivity index (χ2n) is 5.41. The van der Waals surface area contributed by atoms with Gasteiger partial charge in [0.05, 0.1) is 0 Å². The van der Waals surface area contributed by atoms with Crippen LogP contribution in [0.25, 0.3) is 0 Å². The third-order valence-electron chi connectivity index (χ3n) is 4.08. The minimum absolute atomic E-state index is 0.248. The first kappa shape index (κ1) is 14.4. The Kier molecular flexibility index (Phi) is 4.13. The number of nitrogens with two attached hydrogens (primary N) is 1. The summed E-state index contributed by atoms with van der Waals surface area (Å²) in [6, 6.07) is 13.1. The van der Waals surface area contributed by atoms with E-state index in [1.54, 1.807) is 12.1 Å². The normalized spacial score (nSPS) is 17.1. The first-order chi connectivity index (χ1) is 10.2.